The standard InChI is InChI=1S/C10H12N4O4/c1-12-9(15)5-13-10(16)6-2-3-8(14(17)18)7(11)4-6/h2-4H,5,11H2,1H3,(H,12,15)(H,13,16). The molecule has 1 aromatic rings. The van der Waals surface area contributed by atoms with Crippen LogP contribution in [-0.4, -0.2) is 30.3 Å². The second-order valence-electron chi connectivity index (χ2n) is 3.39. The lowest BCUT2D eigenvalue weighted by molar-refractivity contribution is -0.383. The molecule has 1 rings (SSSR count). The first-order chi connectivity index (χ1) is 8.45. The van der Waals surface area contributed by atoms with Gasteiger partial charge in [-0.25, -0.2) is 0 Å². The molecule has 0 bridgehead atoms. The number of rotatable bonds is 4. The van der Waals surface area contributed by atoms with Crippen LogP contribution >= 0.6 is 0 Å². The molecule has 0 heterocycles. The Bertz CT molecular complexity index is 501. The first-order valence-electron chi connectivity index (χ1n) is 4.98. The summed E-state index contributed by atoms with van der Waals surface area (Å²) in [6.45, 7) is -0.174. The van der Waals surface area contributed by atoms with Crippen LogP contribution < -0.4 is 16.4 Å². The topological polar surface area (TPSA) is 127 Å². The van der Waals surface area contributed by atoms with Crippen molar-refractivity contribution in [2.75, 3.05) is 19.3 Å². The van der Waals surface area contributed by atoms with Crippen LogP contribution in [0.1, 0.15) is 10.4 Å². The van der Waals surface area contributed by atoms with Crippen LogP contribution in [0.4, 0.5) is 11.4 Å². The number of nitro groups is 1. The van der Waals surface area contributed by atoms with Gasteiger partial charge in [0.05, 0.1) is 11.5 Å². The third kappa shape index (κ3) is 3.17. The lowest BCUT2D eigenvalue weighted by atomic mass is 10.1. The predicted octanol–water partition coefficient (Wildman–Crippen LogP) is -0.347. The number of nitrogens with zero attached hydrogens (tertiary/aromatic N) is 1. The zero-order valence-electron chi connectivity index (χ0n) is 9.60. The quantitative estimate of drug-likeness (QED) is 0.383. The molecule has 18 heavy (non-hydrogen) atoms. The Labute approximate surface area is 102 Å². The van der Waals surface area contributed by atoms with E-state index in [4.69, 9.17) is 5.73 Å². The van der Waals surface area contributed by atoms with E-state index in [0.29, 0.717) is 0 Å². The molecule has 8 nitrogen and oxygen atoms in total. The number of nitrogens with two attached hydrogens (primary N) is 1. The number of hydrogen-bond acceptors (Lipinski definition) is 5. The lowest BCUT2D eigenvalue weighted by Gasteiger charge is -2.05. The molecular formula is C10H12N4O4. The average Bonchev–Trinajstić information content (AvgIpc) is 2.34. The molecule has 0 aliphatic rings. The van der Waals surface area contributed by atoms with E-state index in [1.807, 2.05) is 0 Å². The van der Waals surface area contributed by atoms with Crippen LogP contribution in [0.2, 0.25) is 0 Å². The minimum atomic E-state index is -0.637. The Morgan fingerprint density at radius 1 is 1.44 bits per heavy atom. The van der Waals surface area contributed by atoms with Gasteiger partial charge in [-0.1, -0.05) is 0 Å². The van der Waals surface area contributed by atoms with Crippen molar-refractivity contribution < 1.29 is 14.5 Å². The SMILES string of the molecule is CNC(=O)CNC(=O)c1ccc([N+](=O)[O-])c(N)c1. The number of anilines is 1. The summed E-state index contributed by atoms with van der Waals surface area (Å²) in [4.78, 5) is 32.4. The second kappa shape index (κ2) is 5.62. The van der Waals surface area contributed by atoms with Crippen LogP contribution in [0, 0.1) is 10.1 Å². The third-order valence-electron chi connectivity index (χ3n) is 2.17. The van der Waals surface area contributed by atoms with E-state index < -0.39 is 10.8 Å². The highest BCUT2D eigenvalue weighted by atomic mass is 16.6. The minimum Gasteiger partial charge on any atom is -0.393 e. The summed E-state index contributed by atoms with van der Waals surface area (Å²) in [6.07, 6.45) is 0. The average molecular weight is 252 g/mol. The second-order valence-corrected chi connectivity index (χ2v) is 3.39. The number of nitro benzene ring substituents is 1. The molecule has 0 saturated carbocycles. The number of benzene rings is 1. The van der Waals surface area contributed by atoms with Crippen molar-refractivity contribution in [3.05, 3.63) is 33.9 Å². The largest absolute Gasteiger partial charge is 0.393 e. The van der Waals surface area contributed by atoms with E-state index in [2.05, 4.69) is 10.6 Å². The van der Waals surface area contributed by atoms with Crippen LogP contribution in [0.3, 0.4) is 0 Å². The maximum atomic E-state index is 11.6. The molecule has 1 aromatic carbocycles. The Kier molecular flexibility index (Phi) is 4.19. The van der Waals surface area contributed by atoms with E-state index in [1.54, 1.807) is 0 Å². The third-order valence-corrected chi connectivity index (χ3v) is 2.17. The molecule has 0 fully saturated rings. The first kappa shape index (κ1) is 13.4. The maximum absolute atomic E-state index is 11.6. The van der Waals surface area contributed by atoms with E-state index in [1.165, 1.54) is 19.2 Å². The lowest BCUT2D eigenvalue weighted by Crippen LogP contribution is -2.35. The van der Waals surface area contributed by atoms with Gasteiger partial charge in [-0.3, -0.25) is 19.7 Å². The van der Waals surface area contributed by atoms with Gasteiger partial charge in [-0.05, 0) is 12.1 Å². The predicted molar refractivity (Wildman–Crippen MR) is 63.9 cm³/mol. The van der Waals surface area contributed by atoms with E-state index in [9.17, 15) is 19.7 Å². The normalized spacial score (nSPS) is 9.61. The highest BCUT2D eigenvalue weighted by molar-refractivity contribution is 5.97. The van der Waals surface area contributed by atoms with Gasteiger partial charge in [0.15, 0.2) is 0 Å². The summed E-state index contributed by atoms with van der Waals surface area (Å²) in [7, 11) is 1.44. The number of nitrogen functional groups attached to an aromatic ring is 1. The molecule has 0 saturated heterocycles. The fourth-order valence-corrected chi connectivity index (χ4v) is 1.21. The van der Waals surface area contributed by atoms with Gasteiger partial charge < -0.3 is 16.4 Å². The molecular weight excluding hydrogens is 240 g/mol. The van der Waals surface area contributed by atoms with E-state index in [-0.39, 0.29) is 29.4 Å². The number of nitrogens with one attached hydrogen (secondary N) is 2. The molecule has 96 valence electrons. The summed E-state index contributed by atoms with van der Waals surface area (Å²) < 4.78 is 0. The van der Waals surface area contributed by atoms with Gasteiger partial charge in [0.25, 0.3) is 11.6 Å². The fraction of sp³-hybridized carbons (Fsp3) is 0.200. The van der Waals surface area contributed by atoms with Crippen LogP contribution in [0.25, 0.3) is 0 Å². The summed E-state index contributed by atoms with van der Waals surface area (Å²) in [5, 5.41) is 15.2. The number of amides is 2. The van der Waals surface area contributed by atoms with E-state index in [0.717, 1.165) is 6.07 Å². The van der Waals surface area contributed by atoms with Crippen molar-refractivity contribution in [3.8, 4) is 0 Å². The van der Waals surface area contributed by atoms with Gasteiger partial charge in [0.2, 0.25) is 5.91 Å². The number of hydrogen-bond donors (Lipinski definition) is 3. The minimum absolute atomic E-state index is 0.104. The molecule has 0 aliphatic heterocycles. The van der Waals surface area contributed by atoms with Crippen molar-refractivity contribution in [3.63, 3.8) is 0 Å². The fourth-order valence-electron chi connectivity index (χ4n) is 1.21. The molecule has 0 unspecified atom stereocenters. The van der Waals surface area contributed by atoms with Crippen LogP contribution in [0.5, 0.6) is 0 Å². The maximum Gasteiger partial charge on any atom is 0.292 e. The van der Waals surface area contributed by atoms with Gasteiger partial charge in [0, 0.05) is 18.7 Å². The van der Waals surface area contributed by atoms with E-state index >= 15 is 0 Å². The van der Waals surface area contributed by atoms with Crippen molar-refractivity contribution in [2.24, 2.45) is 0 Å². The van der Waals surface area contributed by atoms with Gasteiger partial charge >= 0.3 is 0 Å². The Balaban J connectivity index is 2.79. The number of carbonyl (C=O) groups is 2. The van der Waals surface area contributed by atoms with Crippen molar-refractivity contribution in [1.82, 2.24) is 10.6 Å². The Morgan fingerprint density at radius 2 is 2.11 bits per heavy atom. The van der Waals surface area contributed by atoms with Crippen molar-refractivity contribution in [1.29, 1.82) is 0 Å². The molecule has 4 N–H and O–H groups in total. The van der Waals surface area contributed by atoms with Crippen molar-refractivity contribution in [2.45, 2.75) is 0 Å². The van der Waals surface area contributed by atoms with Gasteiger partial charge in [-0.15, -0.1) is 0 Å². The van der Waals surface area contributed by atoms with Gasteiger partial charge in [0.1, 0.15) is 5.69 Å². The summed E-state index contributed by atoms with van der Waals surface area (Å²) in [6, 6.07) is 3.61. The smallest absolute Gasteiger partial charge is 0.292 e. The number of likely N-dealkylation sites (N-methyl/N-ethyl adjacent to an activating group) is 1. The molecule has 8 heteroatoms. The highest BCUT2D eigenvalue weighted by Crippen LogP contribution is 2.21. The molecule has 2 amide bonds. The molecule has 0 aliphatic carbocycles. The zero-order valence-corrected chi connectivity index (χ0v) is 9.60. The van der Waals surface area contributed by atoms with Crippen LogP contribution in [0.15, 0.2) is 18.2 Å². The Morgan fingerprint density at radius 3 is 2.61 bits per heavy atom. The van der Waals surface area contributed by atoms with Crippen molar-refractivity contribution >= 4 is 23.2 Å². The molecule has 0 aromatic heterocycles. The molecule has 0 spiro atoms. The number of carbonyl (C=O) groups excluding carboxylic acids is 2. The molecule has 0 radical (unpaired) electrons. The summed E-state index contributed by atoms with van der Waals surface area (Å²) in [5.41, 5.74) is 5.23. The first-order valence-corrected chi connectivity index (χ1v) is 4.98. The Hall–Kier alpha value is -2.64. The highest BCUT2D eigenvalue weighted by Gasteiger charge is 2.14. The summed E-state index contributed by atoms with van der Waals surface area (Å²) in [5.74, 6) is -0.876. The van der Waals surface area contributed by atoms with Crippen LogP contribution in [-0.2, 0) is 4.79 Å². The monoisotopic (exact) mass is 252 g/mol. The summed E-state index contributed by atoms with van der Waals surface area (Å²) >= 11 is 0. The molecule has 0 atom stereocenters. The zero-order chi connectivity index (χ0) is 13.7. The van der Waals surface area contributed by atoms with Gasteiger partial charge in [-0.2, -0.15) is 0 Å².